The van der Waals surface area contributed by atoms with Crippen LogP contribution in [0.1, 0.15) is 30.5 Å². The summed E-state index contributed by atoms with van der Waals surface area (Å²) in [4.78, 5) is 29.5. The highest BCUT2D eigenvalue weighted by Crippen LogP contribution is 2.31. The lowest BCUT2D eigenvalue weighted by molar-refractivity contribution is -0.140. The Morgan fingerprint density at radius 3 is 2.15 bits per heavy atom. The summed E-state index contributed by atoms with van der Waals surface area (Å²) in [5.74, 6) is -0.997. The Labute approximate surface area is 278 Å². The summed E-state index contributed by atoms with van der Waals surface area (Å²) < 4.78 is 49.0. The maximum Gasteiger partial charge on any atom is 0.264 e. The van der Waals surface area contributed by atoms with Crippen molar-refractivity contribution >= 4 is 43.5 Å². The van der Waals surface area contributed by atoms with E-state index in [-0.39, 0.29) is 29.6 Å². The number of benzene rings is 4. The smallest absolute Gasteiger partial charge is 0.264 e. The molecule has 0 aliphatic carbocycles. The van der Waals surface area contributed by atoms with Gasteiger partial charge in [-0.2, -0.15) is 0 Å². The molecule has 0 aliphatic rings. The molecule has 0 fully saturated rings. The number of nitrogens with zero attached hydrogens (tertiary/aromatic N) is 2. The molecule has 242 valence electrons. The minimum atomic E-state index is -4.30. The molecule has 1 atom stereocenters. The van der Waals surface area contributed by atoms with Gasteiger partial charge in [-0.05, 0) is 90.3 Å². The van der Waals surface area contributed by atoms with Gasteiger partial charge in [-0.1, -0.05) is 60.2 Å². The molecule has 2 amide bonds. The molecule has 0 radical (unpaired) electrons. The van der Waals surface area contributed by atoms with Crippen LogP contribution in [0, 0.1) is 12.7 Å². The molecule has 1 N–H and O–H groups in total. The van der Waals surface area contributed by atoms with Crippen LogP contribution in [0.3, 0.4) is 0 Å². The quantitative estimate of drug-likeness (QED) is 0.177. The van der Waals surface area contributed by atoms with Gasteiger partial charge in [-0.15, -0.1) is 0 Å². The Morgan fingerprint density at radius 1 is 0.913 bits per heavy atom. The molecule has 0 saturated heterocycles. The first-order valence-electron chi connectivity index (χ1n) is 14.7. The molecule has 4 aromatic rings. The van der Waals surface area contributed by atoms with Gasteiger partial charge in [0.25, 0.3) is 10.0 Å². The third-order valence-corrected chi connectivity index (χ3v) is 9.67. The molecular formula is C35H37BrFN3O5S. The Kier molecular flexibility index (Phi) is 11.6. The van der Waals surface area contributed by atoms with Gasteiger partial charge in [-0.3, -0.25) is 13.9 Å². The number of hydrogen-bond donors (Lipinski definition) is 1. The number of carbonyl (C=O) groups excluding carboxylic acids is 2. The van der Waals surface area contributed by atoms with Crippen molar-refractivity contribution in [1.82, 2.24) is 10.2 Å². The van der Waals surface area contributed by atoms with Crippen molar-refractivity contribution in [3.63, 3.8) is 0 Å². The predicted octanol–water partition coefficient (Wildman–Crippen LogP) is 6.27. The van der Waals surface area contributed by atoms with Crippen molar-refractivity contribution in [3.05, 3.63) is 124 Å². The lowest BCUT2D eigenvalue weighted by atomic mass is 10.0. The van der Waals surface area contributed by atoms with Crippen LogP contribution in [0.25, 0.3) is 0 Å². The van der Waals surface area contributed by atoms with Crippen LogP contribution in [0.5, 0.6) is 5.75 Å². The van der Waals surface area contributed by atoms with Crippen molar-refractivity contribution in [1.29, 1.82) is 0 Å². The highest BCUT2D eigenvalue weighted by Gasteiger charge is 2.35. The highest BCUT2D eigenvalue weighted by atomic mass is 79.9. The van der Waals surface area contributed by atoms with E-state index in [1.165, 1.54) is 42.3 Å². The zero-order valence-electron chi connectivity index (χ0n) is 26.1. The van der Waals surface area contributed by atoms with Crippen LogP contribution < -0.4 is 14.4 Å². The fraction of sp³-hybridized carbons (Fsp3) is 0.257. The normalized spacial score (nSPS) is 12.0. The molecule has 46 heavy (non-hydrogen) atoms. The van der Waals surface area contributed by atoms with E-state index in [0.717, 1.165) is 15.4 Å². The topological polar surface area (TPSA) is 96.0 Å². The maximum absolute atomic E-state index is 14.5. The molecule has 0 heterocycles. The second-order valence-electron chi connectivity index (χ2n) is 11.2. The van der Waals surface area contributed by atoms with E-state index in [4.69, 9.17) is 4.74 Å². The fourth-order valence-corrected chi connectivity index (χ4v) is 7.03. The summed E-state index contributed by atoms with van der Waals surface area (Å²) in [5, 5.41) is 2.92. The van der Waals surface area contributed by atoms with Gasteiger partial charge in [0.2, 0.25) is 11.8 Å². The van der Waals surface area contributed by atoms with Crippen LogP contribution >= 0.6 is 15.9 Å². The lowest BCUT2D eigenvalue weighted by Gasteiger charge is -2.34. The van der Waals surface area contributed by atoms with Crippen molar-refractivity contribution < 1.29 is 27.1 Å². The SMILES string of the molecule is COc1ccc(S(=O)(=O)N(CC(=O)N(Cc2ccc(F)cc2)[C@H](Cc2ccccc2)C(=O)NC(C)C)c2ccc(C)cc2)cc1Br. The van der Waals surface area contributed by atoms with Gasteiger partial charge in [0.05, 0.1) is 22.2 Å². The third-order valence-electron chi connectivity index (χ3n) is 7.28. The number of anilines is 1. The van der Waals surface area contributed by atoms with Crippen molar-refractivity contribution in [2.45, 2.75) is 50.7 Å². The number of sulfonamides is 1. The minimum Gasteiger partial charge on any atom is -0.496 e. The predicted molar refractivity (Wildman–Crippen MR) is 181 cm³/mol. The average molecular weight is 711 g/mol. The summed E-state index contributed by atoms with van der Waals surface area (Å²) >= 11 is 3.36. The monoisotopic (exact) mass is 709 g/mol. The maximum atomic E-state index is 14.5. The summed E-state index contributed by atoms with van der Waals surface area (Å²) in [5.41, 5.74) is 2.58. The number of ether oxygens (including phenoxy) is 1. The first kappa shape index (κ1) is 34.6. The summed E-state index contributed by atoms with van der Waals surface area (Å²) in [7, 11) is -2.82. The van der Waals surface area contributed by atoms with E-state index in [1.54, 1.807) is 36.4 Å². The lowest BCUT2D eigenvalue weighted by Crippen LogP contribution is -2.54. The largest absolute Gasteiger partial charge is 0.496 e. The molecule has 4 rings (SSSR count). The van der Waals surface area contributed by atoms with E-state index in [2.05, 4.69) is 21.2 Å². The van der Waals surface area contributed by atoms with Crippen molar-refractivity contribution in [3.8, 4) is 5.75 Å². The first-order chi connectivity index (χ1) is 21.9. The molecular weight excluding hydrogens is 673 g/mol. The number of carbonyl (C=O) groups is 2. The molecule has 8 nitrogen and oxygen atoms in total. The Bertz CT molecular complexity index is 1750. The highest BCUT2D eigenvalue weighted by molar-refractivity contribution is 9.10. The van der Waals surface area contributed by atoms with E-state index < -0.39 is 40.2 Å². The zero-order chi connectivity index (χ0) is 33.4. The molecule has 0 aliphatic heterocycles. The van der Waals surface area contributed by atoms with Gasteiger partial charge >= 0.3 is 0 Å². The number of nitrogens with one attached hydrogen (secondary N) is 1. The number of aryl methyl sites for hydroxylation is 1. The Balaban J connectivity index is 1.81. The second kappa shape index (κ2) is 15.4. The molecule has 0 aromatic heterocycles. The summed E-state index contributed by atoms with van der Waals surface area (Å²) in [6.07, 6.45) is 0.176. The first-order valence-corrected chi connectivity index (χ1v) is 16.9. The standard InChI is InChI=1S/C35H37BrFN3O5S/c1-24(2)38-35(42)32(20-26-8-6-5-7-9-26)39(22-27-12-14-28(37)15-13-27)34(41)23-40(29-16-10-25(3)11-17-29)46(43,44)30-18-19-33(45-4)31(36)21-30/h5-19,21,24,32H,20,22-23H2,1-4H3,(H,38,42)/t32-/m1/s1. The van der Waals surface area contributed by atoms with Crippen LogP contribution in [0.15, 0.2) is 106 Å². The molecule has 0 saturated carbocycles. The molecule has 0 unspecified atom stereocenters. The van der Waals surface area contributed by atoms with E-state index in [0.29, 0.717) is 15.8 Å². The van der Waals surface area contributed by atoms with Crippen LogP contribution in [0.2, 0.25) is 0 Å². The van der Waals surface area contributed by atoms with Gasteiger partial charge < -0.3 is 15.0 Å². The van der Waals surface area contributed by atoms with Crippen LogP contribution in [-0.4, -0.2) is 50.9 Å². The molecule has 11 heteroatoms. The Morgan fingerprint density at radius 2 is 1.57 bits per heavy atom. The van der Waals surface area contributed by atoms with E-state index in [1.807, 2.05) is 51.1 Å². The van der Waals surface area contributed by atoms with E-state index in [9.17, 15) is 22.4 Å². The number of rotatable bonds is 13. The summed E-state index contributed by atoms with van der Waals surface area (Å²) in [6, 6.07) is 24.8. The molecule has 4 aromatic carbocycles. The van der Waals surface area contributed by atoms with Gasteiger partial charge in [0.15, 0.2) is 0 Å². The van der Waals surface area contributed by atoms with Crippen LogP contribution in [0.4, 0.5) is 10.1 Å². The number of methoxy groups -OCH3 is 1. The minimum absolute atomic E-state index is 0.0575. The fourth-order valence-electron chi connectivity index (χ4n) is 4.90. The molecule has 0 bridgehead atoms. The zero-order valence-corrected chi connectivity index (χ0v) is 28.5. The van der Waals surface area contributed by atoms with Gasteiger partial charge in [0.1, 0.15) is 24.2 Å². The third kappa shape index (κ3) is 8.73. The number of halogens is 2. The van der Waals surface area contributed by atoms with Crippen molar-refractivity contribution in [2.24, 2.45) is 0 Å². The average Bonchev–Trinajstić information content (AvgIpc) is 3.03. The van der Waals surface area contributed by atoms with Gasteiger partial charge in [0, 0.05) is 19.0 Å². The van der Waals surface area contributed by atoms with Gasteiger partial charge in [-0.25, -0.2) is 12.8 Å². The second-order valence-corrected chi connectivity index (χ2v) is 13.9. The number of amides is 2. The molecule has 0 spiro atoms. The van der Waals surface area contributed by atoms with E-state index >= 15 is 0 Å². The summed E-state index contributed by atoms with van der Waals surface area (Å²) in [6.45, 7) is 4.86. The van der Waals surface area contributed by atoms with Crippen molar-refractivity contribution in [2.75, 3.05) is 18.0 Å². The Hall–Kier alpha value is -4.22. The number of hydrogen-bond acceptors (Lipinski definition) is 5. The van der Waals surface area contributed by atoms with Crippen LogP contribution in [-0.2, 0) is 32.6 Å².